The Bertz CT molecular complexity index is 704. The minimum Gasteiger partial charge on any atom is -0.444 e. The Morgan fingerprint density at radius 1 is 1.32 bits per heavy atom. The van der Waals surface area contributed by atoms with E-state index in [1.165, 1.54) is 18.4 Å². The fourth-order valence-electron chi connectivity index (χ4n) is 3.28. The molecule has 1 fully saturated rings. The summed E-state index contributed by atoms with van der Waals surface area (Å²) in [4.78, 5) is 11.6. The summed E-state index contributed by atoms with van der Waals surface area (Å²) < 4.78 is 5.72. The van der Waals surface area contributed by atoms with Crippen molar-refractivity contribution in [1.29, 1.82) is 0 Å². The van der Waals surface area contributed by atoms with Gasteiger partial charge in [-0.05, 0) is 75.0 Å². The number of nitrogens with zero attached hydrogens (tertiary/aromatic N) is 3. The smallest absolute Gasteiger partial charge is 0.208 e. The Hall–Kier alpha value is -1.13. The van der Waals surface area contributed by atoms with Crippen molar-refractivity contribution < 1.29 is 4.42 Å². The van der Waals surface area contributed by atoms with Gasteiger partial charge in [0.25, 0.3) is 0 Å². The summed E-state index contributed by atoms with van der Waals surface area (Å²) >= 11 is 1.72. The number of nitrogens with one attached hydrogen (secondary N) is 2. The van der Waals surface area contributed by atoms with Gasteiger partial charge in [0.1, 0.15) is 5.76 Å². The van der Waals surface area contributed by atoms with Crippen LogP contribution in [0.15, 0.2) is 26.2 Å². The van der Waals surface area contributed by atoms with Gasteiger partial charge < -0.3 is 15.1 Å². The second-order valence-corrected chi connectivity index (χ2v) is 7.96. The van der Waals surface area contributed by atoms with Gasteiger partial charge in [-0.15, -0.1) is 24.0 Å². The molecule has 0 radical (unpaired) electrons. The molecule has 0 bridgehead atoms. The third kappa shape index (κ3) is 7.04. The zero-order valence-electron chi connectivity index (χ0n) is 17.0. The van der Waals surface area contributed by atoms with Gasteiger partial charge in [-0.1, -0.05) is 0 Å². The van der Waals surface area contributed by atoms with Crippen molar-refractivity contribution in [3.8, 4) is 0 Å². The summed E-state index contributed by atoms with van der Waals surface area (Å²) in [5.74, 6) is 3.37. The molecule has 0 amide bonds. The number of oxazole rings is 1. The highest BCUT2D eigenvalue weighted by molar-refractivity contribution is 14.0. The first-order valence-corrected chi connectivity index (χ1v) is 10.8. The minimum atomic E-state index is 0. The Morgan fingerprint density at radius 2 is 2.11 bits per heavy atom. The van der Waals surface area contributed by atoms with Gasteiger partial charge in [0.15, 0.2) is 5.96 Å². The number of hydrogen-bond acceptors (Lipinski definition) is 5. The summed E-state index contributed by atoms with van der Waals surface area (Å²) in [5.41, 5.74) is 2.27. The lowest BCUT2D eigenvalue weighted by Crippen LogP contribution is -2.42. The van der Waals surface area contributed by atoms with Crippen molar-refractivity contribution >= 4 is 41.3 Å². The molecule has 0 unspecified atom stereocenters. The molecule has 0 saturated carbocycles. The first-order chi connectivity index (χ1) is 13.1. The maximum atomic E-state index is 5.72. The number of thiophene rings is 1. The molecule has 1 saturated heterocycles. The second-order valence-electron chi connectivity index (χ2n) is 7.18. The molecule has 1 aliphatic heterocycles. The van der Waals surface area contributed by atoms with E-state index in [1.54, 1.807) is 11.3 Å². The van der Waals surface area contributed by atoms with Gasteiger partial charge in [-0.25, -0.2) is 9.98 Å². The van der Waals surface area contributed by atoms with Crippen molar-refractivity contribution in [1.82, 2.24) is 20.5 Å². The van der Waals surface area contributed by atoms with Crippen LogP contribution >= 0.6 is 35.3 Å². The molecule has 2 aromatic heterocycles. The Kier molecular flexibility index (Phi) is 9.73. The number of aryl methyl sites for hydroxylation is 2. The van der Waals surface area contributed by atoms with Gasteiger partial charge in [0, 0.05) is 13.1 Å². The highest BCUT2D eigenvalue weighted by atomic mass is 127. The SMILES string of the molecule is CCNC(=NCc1ccsc1)NCC1CCN(Cc2nc(C)c(C)o2)CC1.I. The minimum absolute atomic E-state index is 0. The van der Waals surface area contributed by atoms with Gasteiger partial charge in [0.05, 0.1) is 18.8 Å². The average molecular weight is 517 g/mol. The summed E-state index contributed by atoms with van der Waals surface area (Å²) in [5, 5.41) is 11.1. The number of aromatic nitrogens is 1. The Balaban J connectivity index is 0.00000280. The number of hydrogen-bond donors (Lipinski definition) is 2. The molecule has 6 nitrogen and oxygen atoms in total. The molecule has 8 heteroatoms. The van der Waals surface area contributed by atoms with Crippen LogP contribution in [0.1, 0.15) is 42.7 Å². The maximum Gasteiger partial charge on any atom is 0.208 e. The highest BCUT2D eigenvalue weighted by Gasteiger charge is 2.21. The van der Waals surface area contributed by atoms with E-state index in [1.807, 2.05) is 13.8 Å². The van der Waals surface area contributed by atoms with E-state index in [4.69, 9.17) is 9.41 Å². The number of likely N-dealkylation sites (tertiary alicyclic amines) is 1. The highest BCUT2D eigenvalue weighted by Crippen LogP contribution is 2.19. The molecule has 3 heterocycles. The normalized spacial score (nSPS) is 16.0. The quantitative estimate of drug-likeness (QED) is 0.331. The molecule has 0 aliphatic carbocycles. The van der Waals surface area contributed by atoms with E-state index in [0.717, 1.165) is 62.6 Å². The van der Waals surface area contributed by atoms with Crippen molar-refractivity contribution in [2.45, 2.75) is 46.7 Å². The van der Waals surface area contributed by atoms with Crippen LogP contribution in [0, 0.1) is 19.8 Å². The third-order valence-corrected chi connectivity index (χ3v) is 5.77. The lowest BCUT2D eigenvalue weighted by molar-refractivity contribution is 0.164. The Labute approximate surface area is 189 Å². The predicted octanol–water partition coefficient (Wildman–Crippen LogP) is 3.94. The molecule has 1 aliphatic rings. The van der Waals surface area contributed by atoms with Crippen LogP contribution in [0.2, 0.25) is 0 Å². The Morgan fingerprint density at radius 3 is 2.71 bits per heavy atom. The van der Waals surface area contributed by atoms with Crippen LogP contribution in [0.5, 0.6) is 0 Å². The van der Waals surface area contributed by atoms with Gasteiger partial charge in [-0.3, -0.25) is 4.90 Å². The van der Waals surface area contributed by atoms with Crippen LogP contribution < -0.4 is 10.6 Å². The van der Waals surface area contributed by atoms with Crippen molar-refractivity contribution in [2.24, 2.45) is 10.9 Å². The summed E-state index contributed by atoms with van der Waals surface area (Å²) in [6.45, 7) is 11.7. The van der Waals surface area contributed by atoms with Crippen LogP contribution in [0.3, 0.4) is 0 Å². The summed E-state index contributed by atoms with van der Waals surface area (Å²) in [6.07, 6.45) is 2.38. The van der Waals surface area contributed by atoms with Crippen LogP contribution in [-0.2, 0) is 13.1 Å². The molecule has 3 rings (SSSR count). The molecular formula is C20H32IN5OS. The lowest BCUT2D eigenvalue weighted by atomic mass is 9.97. The topological polar surface area (TPSA) is 65.7 Å². The molecule has 156 valence electrons. The predicted molar refractivity (Wildman–Crippen MR) is 127 cm³/mol. The van der Waals surface area contributed by atoms with Gasteiger partial charge in [0.2, 0.25) is 5.89 Å². The zero-order chi connectivity index (χ0) is 19.1. The molecule has 28 heavy (non-hydrogen) atoms. The molecule has 0 atom stereocenters. The largest absolute Gasteiger partial charge is 0.444 e. The van der Waals surface area contributed by atoms with E-state index in [0.29, 0.717) is 5.92 Å². The average Bonchev–Trinajstić information content (AvgIpc) is 3.29. The number of rotatable bonds is 7. The van der Waals surface area contributed by atoms with E-state index in [2.05, 4.69) is 44.3 Å². The first kappa shape index (κ1) is 23.2. The van der Waals surface area contributed by atoms with E-state index in [-0.39, 0.29) is 24.0 Å². The monoisotopic (exact) mass is 517 g/mol. The van der Waals surface area contributed by atoms with Crippen LogP contribution in [-0.4, -0.2) is 42.0 Å². The maximum absolute atomic E-state index is 5.72. The molecular weight excluding hydrogens is 485 g/mol. The zero-order valence-corrected chi connectivity index (χ0v) is 20.2. The standard InChI is InChI=1S/C20H31N5OS.HI/c1-4-21-20(23-12-18-7-10-27-14-18)22-11-17-5-8-25(9-6-17)13-19-24-15(2)16(3)26-19;/h7,10,14,17H,4-6,8-9,11-13H2,1-3H3,(H2,21,22,23);1H. The fraction of sp³-hybridized carbons (Fsp3) is 0.600. The first-order valence-electron chi connectivity index (χ1n) is 9.82. The summed E-state index contributed by atoms with van der Waals surface area (Å²) in [7, 11) is 0. The van der Waals surface area contributed by atoms with E-state index < -0.39 is 0 Å². The number of aliphatic imine (C=N–C) groups is 1. The lowest BCUT2D eigenvalue weighted by Gasteiger charge is -2.31. The van der Waals surface area contributed by atoms with Gasteiger partial charge >= 0.3 is 0 Å². The summed E-state index contributed by atoms with van der Waals surface area (Å²) in [6, 6.07) is 2.13. The van der Waals surface area contributed by atoms with Crippen LogP contribution in [0.4, 0.5) is 0 Å². The van der Waals surface area contributed by atoms with E-state index >= 15 is 0 Å². The van der Waals surface area contributed by atoms with Crippen molar-refractivity contribution in [2.75, 3.05) is 26.2 Å². The van der Waals surface area contributed by atoms with Crippen LogP contribution in [0.25, 0.3) is 0 Å². The van der Waals surface area contributed by atoms with E-state index in [9.17, 15) is 0 Å². The van der Waals surface area contributed by atoms with Crippen molar-refractivity contribution in [3.05, 3.63) is 39.7 Å². The number of guanidine groups is 1. The number of piperidine rings is 1. The molecule has 0 aromatic carbocycles. The van der Waals surface area contributed by atoms with Gasteiger partial charge in [-0.2, -0.15) is 11.3 Å². The third-order valence-electron chi connectivity index (χ3n) is 5.04. The molecule has 2 aromatic rings. The second kappa shape index (κ2) is 11.8. The number of halogens is 1. The molecule has 2 N–H and O–H groups in total. The molecule has 0 spiro atoms. The van der Waals surface area contributed by atoms with Crippen molar-refractivity contribution in [3.63, 3.8) is 0 Å². The fourth-order valence-corrected chi connectivity index (χ4v) is 3.94.